The Morgan fingerprint density at radius 3 is 3.08 bits per heavy atom. The molecule has 1 aromatic heterocycles. The third-order valence-corrected chi connectivity index (χ3v) is 2.24. The lowest BCUT2D eigenvalue weighted by Crippen LogP contribution is -1.86. The van der Waals surface area contributed by atoms with E-state index in [0.29, 0.717) is 0 Å². The fourth-order valence-corrected chi connectivity index (χ4v) is 1.43. The summed E-state index contributed by atoms with van der Waals surface area (Å²) in [7, 11) is 0. The van der Waals surface area contributed by atoms with E-state index in [2.05, 4.69) is 10.2 Å². The molecule has 0 radical (unpaired) electrons. The SMILES string of the molecule is O=S([O-])c1ccc2[nH]ncc2c1. The summed E-state index contributed by atoms with van der Waals surface area (Å²) in [5.74, 6) is 0. The van der Waals surface area contributed by atoms with Crippen molar-refractivity contribution in [2.75, 3.05) is 0 Å². The zero-order valence-corrected chi connectivity index (χ0v) is 6.80. The minimum Gasteiger partial charge on any atom is -0.768 e. The second-order valence-corrected chi connectivity index (χ2v) is 3.29. The molecule has 0 spiro atoms. The monoisotopic (exact) mass is 181 g/mol. The third-order valence-electron chi connectivity index (χ3n) is 1.60. The topological polar surface area (TPSA) is 68.8 Å². The molecule has 0 bridgehead atoms. The Kier molecular flexibility index (Phi) is 1.67. The van der Waals surface area contributed by atoms with Crippen LogP contribution in [0.1, 0.15) is 0 Å². The minimum atomic E-state index is -2.16. The van der Waals surface area contributed by atoms with Gasteiger partial charge in [0.1, 0.15) is 0 Å². The van der Waals surface area contributed by atoms with Crippen LogP contribution >= 0.6 is 0 Å². The Morgan fingerprint density at radius 2 is 2.33 bits per heavy atom. The standard InChI is InChI=1S/C7H6N2O2S/c10-12(11)6-1-2-7-5(3-6)4-8-9-7/h1-4H,(H,8,9)(H,10,11)/p-1. The van der Waals surface area contributed by atoms with Crippen molar-refractivity contribution >= 4 is 22.0 Å². The molecule has 0 aliphatic carbocycles. The molecule has 1 aromatic carbocycles. The van der Waals surface area contributed by atoms with Crippen molar-refractivity contribution in [3.8, 4) is 0 Å². The lowest BCUT2D eigenvalue weighted by molar-refractivity contribution is 0.537. The van der Waals surface area contributed by atoms with Crippen molar-refractivity contribution in [1.29, 1.82) is 0 Å². The van der Waals surface area contributed by atoms with Gasteiger partial charge in [0.15, 0.2) is 0 Å². The summed E-state index contributed by atoms with van der Waals surface area (Å²) < 4.78 is 21.1. The highest BCUT2D eigenvalue weighted by Gasteiger charge is 1.96. The van der Waals surface area contributed by atoms with Crippen LogP contribution in [0.4, 0.5) is 0 Å². The fourth-order valence-electron chi connectivity index (χ4n) is 1.02. The van der Waals surface area contributed by atoms with Crippen LogP contribution in [0.3, 0.4) is 0 Å². The summed E-state index contributed by atoms with van der Waals surface area (Å²) in [6.45, 7) is 0. The quantitative estimate of drug-likeness (QED) is 0.661. The van der Waals surface area contributed by atoms with Gasteiger partial charge in [-0.25, -0.2) is 0 Å². The van der Waals surface area contributed by atoms with E-state index in [-0.39, 0.29) is 4.90 Å². The summed E-state index contributed by atoms with van der Waals surface area (Å²) in [6.07, 6.45) is 1.59. The average Bonchev–Trinajstić information content (AvgIpc) is 2.49. The molecule has 0 fully saturated rings. The molecule has 1 unspecified atom stereocenters. The molecule has 0 aliphatic heterocycles. The van der Waals surface area contributed by atoms with Crippen molar-refractivity contribution in [3.05, 3.63) is 24.4 Å². The molecule has 4 nitrogen and oxygen atoms in total. The van der Waals surface area contributed by atoms with Crippen LogP contribution in [0.5, 0.6) is 0 Å². The highest BCUT2D eigenvalue weighted by atomic mass is 32.2. The highest BCUT2D eigenvalue weighted by Crippen LogP contribution is 2.14. The first kappa shape index (κ1) is 7.45. The molecule has 0 amide bonds. The molecule has 1 heterocycles. The van der Waals surface area contributed by atoms with Crippen LogP contribution in [0, 0.1) is 0 Å². The Morgan fingerprint density at radius 1 is 1.50 bits per heavy atom. The Hall–Kier alpha value is -1.20. The number of H-pyrrole nitrogens is 1. The lowest BCUT2D eigenvalue weighted by atomic mass is 10.3. The van der Waals surface area contributed by atoms with E-state index in [1.165, 1.54) is 6.07 Å². The molecule has 1 N–H and O–H groups in total. The van der Waals surface area contributed by atoms with Gasteiger partial charge in [0.2, 0.25) is 0 Å². The van der Waals surface area contributed by atoms with Crippen LogP contribution in [0.25, 0.3) is 10.9 Å². The Bertz CT molecular complexity index is 438. The zero-order valence-electron chi connectivity index (χ0n) is 5.98. The van der Waals surface area contributed by atoms with Gasteiger partial charge < -0.3 is 4.55 Å². The van der Waals surface area contributed by atoms with E-state index in [9.17, 15) is 8.76 Å². The lowest BCUT2D eigenvalue weighted by Gasteiger charge is -2.03. The van der Waals surface area contributed by atoms with E-state index in [0.717, 1.165) is 10.9 Å². The van der Waals surface area contributed by atoms with E-state index in [4.69, 9.17) is 0 Å². The van der Waals surface area contributed by atoms with Crippen LogP contribution < -0.4 is 0 Å². The number of nitrogens with zero attached hydrogens (tertiary/aromatic N) is 1. The zero-order chi connectivity index (χ0) is 8.55. The summed E-state index contributed by atoms with van der Waals surface area (Å²) in [4.78, 5) is 0.281. The van der Waals surface area contributed by atoms with Gasteiger partial charge in [-0.15, -0.1) is 0 Å². The Labute approximate surface area is 70.9 Å². The second kappa shape index (κ2) is 2.69. The molecule has 1 atom stereocenters. The van der Waals surface area contributed by atoms with Gasteiger partial charge in [-0.2, -0.15) is 5.10 Å². The first-order chi connectivity index (χ1) is 5.77. The fraction of sp³-hybridized carbons (Fsp3) is 0. The van der Waals surface area contributed by atoms with E-state index in [1.807, 2.05) is 0 Å². The molecular formula is C7H5N2O2S-. The van der Waals surface area contributed by atoms with Gasteiger partial charge >= 0.3 is 0 Å². The largest absolute Gasteiger partial charge is 0.768 e. The number of fused-ring (bicyclic) bond motifs is 1. The number of nitrogens with one attached hydrogen (secondary N) is 1. The highest BCUT2D eigenvalue weighted by molar-refractivity contribution is 7.79. The molecule has 12 heavy (non-hydrogen) atoms. The normalized spacial score (nSPS) is 13.4. The number of benzene rings is 1. The molecule has 62 valence electrons. The summed E-state index contributed by atoms with van der Waals surface area (Å²) in [6, 6.07) is 4.79. The number of aromatic nitrogens is 2. The smallest absolute Gasteiger partial charge is 0.0651 e. The number of rotatable bonds is 1. The molecule has 2 aromatic rings. The number of hydrogen-bond donors (Lipinski definition) is 1. The van der Waals surface area contributed by atoms with Crippen molar-refractivity contribution in [2.24, 2.45) is 0 Å². The minimum absolute atomic E-state index is 0.281. The van der Waals surface area contributed by atoms with Crippen molar-refractivity contribution in [2.45, 2.75) is 4.90 Å². The van der Waals surface area contributed by atoms with Crippen molar-refractivity contribution in [1.82, 2.24) is 10.2 Å². The van der Waals surface area contributed by atoms with E-state index < -0.39 is 11.1 Å². The van der Waals surface area contributed by atoms with Gasteiger partial charge in [0, 0.05) is 10.3 Å². The molecular weight excluding hydrogens is 176 g/mol. The maximum absolute atomic E-state index is 10.5. The van der Waals surface area contributed by atoms with Crippen molar-refractivity contribution < 1.29 is 8.76 Å². The van der Waals surface area contributed by atoms with Gasteiger partial charge in [-0.3, -0.25) is 9.31 Å². The first-order valence-corrected chi connectivity index (χ1v) is 4.37. The predicted molar refractivity (Wildman–Crippen MR) is 43.3 cm³/mol. The molecule has 5 heteroatoms. The molecule has 0 aliphatic rings. The van der Waals surface area contributed by atoms with Gasteiger partial charge in [-0.1, -0.05) is 0 Å². The van der Waals surface area contributed by atoms with Gasteiger partial charge in [0.05, 0.1) is 11.7 Å². The molecule has 0 saturated heterocycles. The van der Waals surface area contributed by atoms with E-state index >= 15 is 0 Å². The maximum atomic E-state index is 10.5. The van der Waals surface area contributed by atoms with Crippen molar-refractivity contribution in [3.63, 3.8) is 0 Å². The van der Waals surface area contributed by atoms with Gasteiger partial charge in [-0.05, 0) is 29.3 Å². The maximum Gasteiger partial charge on any atom is 0.0651 e. The first-order valence-electron chi connectivity index (χ1n) is 3.30. The van der Waals surface area contributed by atoms with Crippen LogP contribution in [0.15, 0.2) is 29.3 Å². The van der Waals surface area contributed by atoms with E-state index in [1.54, 1.807) is 18.3 Å². The summed E-state index contributed by atoms with van der Waals surface area (Å²) >= 11 is -2.16. The molecule has 0 saturated carbocycles. The number of aromatic amines is 1. The Balaban J connectivity index is 2.68. The summed E-state index contributed by atoms with van der Waals surface area (Å²) in [5, 5.41) is 7.31. The molecule has 2 rings (SSSR count). The van der Waals surface area contributed by atoms with Gasteiger partial charge in [0.25, 0.3) is 0 Å². The summed E-state index contributed by atoms with van der Waals surface area (Å²) in [5.41, 5.74) is 0.837. The average molecular weight is 181 g/mol. The van der Waals surface area contributed by atoms with Crippen LogP contribution in [-0.2, 0) is 11.1 Å². The number of hydrogen-bond acceptors (Lipinski definition) is 3. The second-order valence-electron chi connectivity index (χ2n) is 2.35. The van der Waals surface area contributed by atoms with Crippen LogP contribution in [-0.4, -0.2) is 19.0 Å². The predicted octanol–water partition coefficient (Wildman–Crippen LogP) is 0.801. The van der Waals surface area contributed by atoms with Crippen LogP contribution in [0.2, 0.25) is 0 Å². The third kappa shape index (κ3) is 1.13.